The highest BCUT2D eigenvalue weighted by Crippen LogP contribution is 2.41. The second-order valence-corrected chi connectivity index (χ2v) is 14.0. The van der Waals surface area contributed by atoms with Crippen LogP contribution in [0.25, 0.3) is 0 Å². The average Bonchev–Trinajstić information content (AvgIpc) is 3.79. The number of fused-ring (bicyclic) bond motifs is 4. The van der Waals surface area contributed by atoms with Crippen LogP contribution in [-0.2, 0) is 22.7 Å². The number of benzene rings is 3. The first-order valence-corrected chi connectivity index (χ1v) is 18.7. The van der Waals surface area contributed by atoms with Gasteiger partial charge in [-0.15, -0.1) is 0 Å². The third kappa shape index (κ3) is 7.98. The minimum Gasteiger partial charge on any atom is -0.494 e. The quantitative estimate of drug-likeness (QED) is 0.103. The van der Waals surface area contributed by atoms with Gasteiger partial charge in [-0.05, 0) is 74.6 Å². The van der Waals surface area contributed by atoms with Crippen molar-refractivity contribution in [3.8, 4) is 28.7 Å². The van der Waals surface area contributed by atoms with Crippen LogP contribution in [-0.4, -0.2) is 93.1 Å². The molecule has 2 amide bonds. The van der Waals surface area contributed by atoms with E-state index in [-0.39, 0.29) is 56.1 Å². The Kier molecular flexibility index (Phi) is 11.4. The summed E-state index contributed by atoms with van der Waals surface area (Å²) in [6, 6.07) is 12.3. The summed E-state index contributed by atoms with van der Waals surface area (Å²) in [5.41, 5.74) is 5.90. The fraction of sp³-hybridized carbons (Fsp3) is 0.372. The summed E-state index contributed by atoms with van der Waals surface area (Å²) in [6.07, 6.45) is 9.99. The number of esters is 1. The topological polar surface area (TPSA) is 138 Å². The minimum atomic E-state index is -0.308. The lowest BCUT2D eigenvalue weighted by Crippen LogP contribution is -2.35. The van der Waals surface area contributed by atoms with Crippen LogP contribution in [0.4, 0.5) is 11.4 Å². The van der Waals surface area contributed by atoms with Crippen LogP contribution in [0, 0.1) is 0 Å². The third-order valence-electron chi connectivity index (χ3n) is 10.5. The monoisotopic (exact) mass is 762 g/mol. The van der Waals surface area contributed by atoms with Gasteiger partial charge in [-0.2, -0.15) is 0 Å². The van der Waals surface area contributed by atoms with E-state index >= 15 is 0 Å². The molecule has 0 N–H and O–H groups in total. The molecule has 3 aromatic carbocycles. The molecule has 4 heterocycles. The van der Waals surface area contributed by atoms with Gasteiger partial charge in [-0.1, -0.05) is 23.3 Å². The molecule has 0 radical (unpaired) electrons. The van der Waals surface area contributed by atoms with E-state index in [1.807, 2.05) is 54.3 Å². The Morgan fingerprint density at radius 1 is 0.696 bits per heavy atom. The molecule has 0 bridgehead atoms. The summed E-state index contributed by atoms with van der Waals surface area (Å²) in [7, 11) is 4.43. The van der Waals surface area contributed by atoms with Crippen molar-refractivity contribution in [1.29, 1.82) is 0 Å². The highest BCUT2D eigenvalue weighted by Gasteiger charge is 2.36. The molecule has 13 heteroatoms. The highest BCUT2D eigenvalue weighted by molar-refractivity contribution is 6.04. The van der Waals surface area contributed by atoms with Crippen molar-refractivity contribution in [2.24, 2.45) is 9.98 Å². The van der Waals surface area contributed by atoms with Gasteiger partial charge >= 0.3 is 5.97 Å². The van der Waals surface area contributed by atoms with Crippen LogP contribution in [0.15, 0.2) is 75.7 Å². The second-order valence-electron chi connectivity index (χ2n) is 14.0. The predicted molar refractivity (Wildman–Crippen MR) is 211 cm³/mol. The number of hydrogen-bond acceptors (Lipinski definition) is 11. The molecule has 13 nitrogen and oxygen atoms in total. The van der Waals surface area contributed by atoms with Gasteiger partial charge in [0.2, 0.25) is 0 Å². The molecule has 0 spiro atoms. The van der Waals surface area contributed by atoms with Gasteiger partial charge in [0.25, 0.3) is 11.8 Å². The van der Waals surface area contributed by atoms with E-state index in [0.717, 1.165) is 24.0 Å². The molecule has 0 aromatic heterocycles. The maximum absolute atomic E-state index is 13.6. The SMILES string of the molecule is C/C=C1\C[C@H]2C=Nc3cc(OCc4cc(COc5cc6c(cc5OC)C(=O)N5C/C(=C/C)C[C@H]5C=N6)cc(OCCCC(=O)OC)c4)c(OC)cc3C(=O)N2C1. The van der Waals surface area contributed by atoms with Crippen molar-refractivity contribution in [3.05, 3.63) is 88.0 Å². The van der Waals surface area contributed by atoms with Crippen molar-refractivity contribution in [2.75, 3.05) is 41.0 Å². The Morgan fingerprint density at radius 2 is 1.20 bits per heavy atom. The zero-order chi connectivity index (χ0) is 39.3. The van der Waals surface area contributed by atoms with Crippen molar-refractivity contribution in [3.63, 3.8) is 0 Å². The van der Waals surface area contributed by atoms with Gasteiger partial charge in [0, 0.05) is 44.1 Å². The molecule has 4 aliphatic rings. The highest BCUT2D eigenvalue weighted by atomic mass is 16.5. The second kappa shape index (κ2) is 16.7. The molecule has 3 aromatic rings. The van der Waals surface area contributed by atoms with Crippen LogP contribution in [0.2, 0.25) is 0 Å². The predicted octanol–water partition coefficient (Wildman–Crippen LogP) is 6.95. The normalized spacial score (nSPS) is 19.6. The molecule has 56 heavy (non-hydrogen) atoms. The first-order chi connectivity index (χ1) is 27.2. The van der Waals surface area contributed by atoms with Crippen LogP contribution in [0.5, 0.6) is 28.7 Å². The Hall–Kier alpha value is -6.11. The van der Waals surface area contributed by atoms with Gasteiger partial charge in [-0.25, -0.2) is 0 Å². The van der Waals surface area contributed by atoms with E-state index < -0.39 is 0 Å². The number of nitrogens with zero attached hydrogens (tertiary/aromatic N) is 4. The van der Waals surface area contributed by atoms with Gasteiger partial charge in [-0.3, -0.25) is 24.4 Å². The smallest absolute Gasteiger partial charge is 0.305 e. The molecule has 2 fully saturated rings. The van der Waals surface area contributed by atoms with Gasteiger partial charge in [0.05, 0.1) is 62.5 Å². The number of allylic oxidation sites excluding steroid dienone is 2. The summed E-state index contributed by atoms with van der Waals surface area (Å²) in [5, 5.41) is 0. The Bertz CT molecular complexity index is 2020. The Balaban J connectivity index is 1.12. The fourth-order valence-electron chi connectivity index (χ4n) is 7.34. The Morgan fingerprint density at radius 3 is 1.64 bits per heavy atom. The van der Waals surface area contributed by atoms with Crippen molar-refractivity contribution >= 4 is 41.6 Å². The first kappa shape index (κ1) is 38.2. The molecule has 0 saturated carbocycles. The zero-order valence-electron chi connectivity index (χ0n) is 32.3. The van der Waals surface area contributed by atoms with E-state index in [9.17, 15) is 14.4 Å². The maximum atomic E-state index is 13.6. The summed E-state index contributed by atoms with van der Waals surface area (Å²) in [6.45, 7) is 5.67. The van der Waals surface area contributed by atoms with E-state index in [2.05, 4.69) is 12.2 Å². The summed E-state index contributed by atoms with van der Waals surface area (Å²) in [4.78, 5) is 51.9. The van der Waals surface area contributed by atoms with Gasteiger partial charge in [0.15, 0.2) is 23.0 Å². The number of carbonyl (C=O) groups excluding carboxylic acids is 3. The number of amides is 2. The zero-order valence-corrected chi connectivity index (χ0v) is 32.3. The summed E-state index contributed by atoms with van der Waals surface area (Å²) >= 11 is 0. The first-order valence-electron chi connectivity index (χ1n) is 18.7. The van der Waals surface area contributed by atoms with E-state index in [1.165, 1.54) is 32.5 Å². The number of carbonyl (C=O) groups is 3. The van der Waals surface area contributed by atoms with Crippen molar-refractivity contribution in [2.45, 2.75) is 64.8 Å². The van der Waals surface area contributed by atoms with E-state index in [4.69, 9.17) is 38.4 Å². The van der Waals surface area contributed by atoms with Gasteiger partial charge < -0.3 is 38.2 Å². The molecule has 292 valence electrons. The number of aliphatic imine (C=N–C) groups is 2. The lowest BCUT2D eigenvalue weighted by Gasteiger charge is -2.20. The van der Waals surface area contributed by atoms with Crippen LogP contribution >= 0.6 is 0 Å². The van der Waals surface area contributed by atoms with Gasteiger partial charge in [0.1, 0.15) is 19.0 Å². The number of ether oxygens (including phenoxy) is 6. The minimum absolute atomic E-state index is 0.0984. The summed E-state index contributed by atoms with van der Waals surface area (Å²) < 4.78 is 34.9. The maximum Gasteiger partial charge on any atom is 0.305 e. The van der Waals surface area contributed by atoms with Crippen LogP contribution < -0.4 is 23.7 Å². The molecule has 0 unspecified atom stereocenters. The van der Waals surface area contributed by atoms with Crippen LogP contribution in [0.1, 0.15) is 71.4 Å². The molecular weight excluding hydrogens is 716 g/mol. The van der Waals surface area contributed by atoms with Crippen molar-refractivity contribution in [1.82, 2.24) is 9.80 Å². The Labute approximate surface area is 326 Å². The lowest BCUT2D eigenvalue weighted by molar-refractivity contribution is -0.140. The van der Waals surface area contributed by atoms with Crippen LogP contribution in [0.3, 0.4) is 0 Å². The van der Waals surface area contributed by atoms with E-state index in [1.54, 1.807) is 24.3 Å². The number of hydrogen-bond donors (Lipinski definition) is 0. The molecule has 2 saturated heterocycles. The number of rotatable bonds is 13. The largest absolute Gasteiger partial charge is 0.494 e. The van der Waals surface area contributed by atoms with E-state index in [0.29, 0.717) is 70.8 Å². The molecule has 0 aliphatic carbocycles. The standard InChI is InChI=1S/C43H46N4O9/c1-6-26-12-30-20-44-35-18-39(37(51-3)16-33(35)42(49)46(30)22-26)55-24-28-11-29(15-32(14-28)54-10-8-9-41(48)53-5)25-56-40-19-36-34(17-38(40)52-4)43(50)47-23-27(7-2)13-31(47)21-45-36/h6-7,11,14-21,30-31H,8-10,12-13,22-25H2,1-5H3/b26-6+,27-7+/t30-,31-/m0/s1. The lowest BCUT2D eigenvalue weighted by atomic mass is 10.1. The third-order valence-corrected chi connectivity index (χ3v) is 10.5. The van der Waals surface area contributed by atoms with Crippen molar-refractivity contribution < 1.29 is 42.8 Å². The molecular formula is C43H46N4O9. The average molecular weight is 763 g/mol. The fourth-order valence-corrected chi connectivity index (χ4v) is 7.34. The summed E-state index contributed by atoms with van der Waals surface area (Å²) in [5.74, 6) is 1.74. The molecule has 4 aliphatic heterocycles. The molecule has 2 atom stereocenters. The number of methoxy groups -OCH3 is 3. The molecule has 7 rings (SSSR count).